The molecule has 0 aromatic heterocycles. The Kier molecular flexibility index (Phi) is 2.22. The second-order valence-electron chi connectivity index (χ2n) is 2.23. The molecule has 5 nitrogen and oxygen atoms in total. The van der Waals surface area contributed by atoms with E-state index in [4.69, 9.17) is 20.4 Å². The molecule has 1 rings (SSSR count). The monoisotopic (exact) mass is 151 g/mol. The molecule has 1 aliphatic rings. The van der Waals surface area contributed by atoms with Crippen molar-refractivity contribution in [3.8, 4) is 0 Å². The van der Waals surface area contributed by atoms with Gasteiger partial charge in [0.15, 0.2) is 6.29 Å². The fourth-order valence-electron chi connectivity index (χ4n) is 0.880. The first-order valence-corrected chi connectivity index (χ1v) is 2.97. The van der Waals surface area contributed by atoms with Gasteiger partial charge in [0.25, 0.3) is 0 Å². The summed E-state index contributed by atoms with van der Waals surface area (Å²) in [4.78, 5) is 0. The highest BCUT2D eigenvalue weighted by Crippen LogP contribution is 2.18. The zero-order valence-corrected chi connectivity index (χ0v) is 5.21. The van der Waals surface area contributed by atoms with E-state index in [9.17, 15) is 0 Å². The van der Waals surface area contributed by atoms with Crippen molar-refractivity contribution < 1.29 is 25.2 Å². The minimum Gasteiger partial charge on any atom is -0.394 e. The summed E-state index contributed by atoms with van der Waals surface area (Å²) in [5, 5.41) is 35.0. The molecule has 1 aliphatic heterocycles. The van der Waals surface area contributed by atoms with E-state index in [1.807, 2.05) is 0 Å². The van der Waals surface area contributed by atoms with Crippen LogP contribution >= 0.6 is 0 Å². The van der Waals surface area contributed by atoms with Crippen LogP contribution in [0.4, 0.5) is 0 Å². The molecule has 0 aromatic rings. The zero-order chi connectivity index (χ0) is 7.72. The van der Waals surface area contributed by atoms with E-state index < -0.39 is 31.2 Å². The van der Waals surface area contributed by atoms with Gasteiger partial charge in [0.2, 0.25) is 0 Å². The van der Waals surface area contributed by atoms with E-state index in [2.05, 4.69) is 4.74 Å². The van der Waals surface area contributed by atoms with Crippen LogP contribution < -0.4 is 0 Å². The molecule has 1 saturated heterocycles. The first-order valence-electron chi connectivity index (χ1n) is 2.97. The Labute approximate surface area is 57.5 Å². The molecule has 1 unspecified atom stereocenters. The summed E-state index contributed by atoms with van der Waals surface area (Å²) in [5.41, 5.74) is 0. The van der Waals surface area contributed by atoms with Crippen molar-refractivity contribution in [2.24, 2.45) is 0 Å². The molecule has 0 saturated carbocycles. The second kappa shape index (κ2) is 2.81. The lowest BCUT2D eigenvalue weighted by Crippen LogP contribution is -2.33. The lowest BCUT2D eigenvalue weighted by atomic mass is 10.4. The molecule has 0 spiro atoms. The molecular formula is C5H10O5. The van der Waals surface area contributed by atoms with E-state index in [-0.39, 0.29) is 0 Å². The van der Waals surface area contributed by atoms with E-state index >= 15 is 0 Å². The molecule has 4 N–H and O–H groups in total. The highest BCUT2D eigenvalue weighted by molar-refractivity contribution is 4.84. The molecule has 0 bridgehead atoms. The highest BCUT2D eigenvalue weighted by atomic mass is 16.7. The number of hydrogen-bond donors (Lipinski definition) is 4. The third-order valence-corrected chi connectivity index (χ3v) is 1.52. The van der Waals surface area contributed by atoms with Crippen LogP contribution in [0.1, 0.15) is 0 Å². The molecular weight excluding hydrogens is 141 g/mol. The molecule has 1 fully saturated rings. The predicted molar refractivity (Wildman–Crippen MR) is 30.0 cm³/mol. The van der Waals surface area contributed by atoms with Crippen molar-refractivity contribution in [2.45, 2.75) is 24.6 Å². The lowest BCUT2D eigenvalue weighted by molar-refractivity contribution is -0.132. The van der Waals surface area contributed by atoms with Gasteiger partial charge in [-0.3, -0.25) is 0 Å². The van der Waals surface area contributed by atoms with Crippen molar-refractivity contribution >= 4 is 0 Å². The molecule has 0 aromatic carbocycles. The number of hydrogen-bond acceptors (Lipinski definition) is 5. The van der Waals surface area contributed by atoms with Crippen LogP contribution in [0.3, 0.4) is 0 Å². The van der Waals surface area contributed by atoms with Gasteiger partial charge in [-0.15, -0.1) is 0 Å². The van der Waals surface area contributed by atoms with Crippen molar-refractivity contribution in [3.63, 3.8) is 0 Å². The van der Waals surface area contributed by atoms with Crippen LogP contribution in [0, 0.1) is 0 Å². The number of aliphatic hydroxyl groups excluding tert-OH is 4. The largest absolute Gasteiger partial charge is 0.394 e. The highest BCUT2D eigenvalue weighted by Gasteiger charge is 2.41. The number of ether oxygens (including phenoxy) is 1. The van der Waals surface area contributed by atoms with Crippen LogP contribution in [0.5, 0.6) is 0 Å². The minimum absolute atomic E-state index is 0.407. The summed E-state index contributed by atoms with van der Waals surface area (Å²) in [6, 6.07) is 0. The van der Waals surface area contributed by atoms with E-state index in [0.29, 0.717) is 0 Å². The Balaban J connectivity index is 2.53. The summed E-state index contributed by atoms with van der Waals surface area (Å²) in [6.07, 6.45) is -4.76. The normalized spacial score (nSPS) is 48.0. The van der Waals surface area contributed by atoms with E-state index in [1.54, 1.807) is 0 Å². The summed E-state index contributed by atoms with van der Waals surface area (Å²) in [6.45, 7) is -0.407. The van der Waals surface area contributed by atoms with Crippen LogP contribution in [-0.2, 0) is 4.74 Å². The molecule has 60 valence electrons. The first-order chi connectivity index (χ1) is 4.66. The van der Waals surface area contributed by atoms with E-state index in [0.717, 1.165) is 0 Å². The Bertz CT molecular complexity index is 117. The van der Waals surface area contributed by atoms with Crippen molar-refractivity contribution in [2.75, 3.05) is 6.61 Å². The van der Waals surface area contributed by atoms with Gasteiger partial charge < -0.3 is 25.2 Å². The van der Waals surface area contributed by atoms with Crippen molar-refractivity contribution in [3.05, 3.63) is 0 Å². The molecule has 0 amide bonds. The molecule has 4 atom stereocenters. The van der Waals surface area contributed by atoms with Gasteiger partial charge in [0.1, 0.15) is 18.3 Å². The maximum Gasteiger partial charge on any atom is 0.184 e. The van der Waals surface area contributed by atoms with Crippen LogP contribution in [-0.4, -0.2) is 51.6 Å². The van der Waals surface area contributed by atoms with Gasteiger partial charge >= 0.3 is 0 Å². The molecule has 0 radical (unpaired) electrons. The summed E-state index contributed by atoms with van der Waals surface area (Å²) < 4.78 is 4.54. The van der Waals surface area contributed by atoms with Gasteiger partial charge in [-0.05, 0) is 0 Å². The second-order valence-corrected chi connectivity index (χ2v) is 2.23. The van der Waals surface area contributed by atoms with Gasteiger partial charge in [0.05, 0.1) is 6.61 Å². The summed E-state index contributed by atoms with van der Waals surface area (Å²) in [5.74, 6) is 0. The quantitative estimate of drug-likeness (QED) is 0.309. The Morgan fingerprint density at radius 3 is 1.90 bits per heavy atom. The Hall–Kier alpha value is -0.200. The zero-order valence-electron chi connectivity index (χ0n) is 5.21. The van der Waals surface area contributed by atoms with Crippen LogP contribution in [0.25, 0.3) is 0 Å². The average Bonchev–Trinajstić information content (AvgIpc) is 2.17. The van der Waals surface area contributed by atoms with Crippen molar-refractivity contribution in [1.82, 2.24) is 0 Å². The molecule has 5 heteroatoms. The Morgan fingerprint density at radius 2 is 1.70 bits per heavy atom. The van der Waals surface area contributed by atoms with Gasteiger partial charge in [-0.2, -0.15) is 0 Å². The number of aliphatic hydroxyl groups is 4. The summed E-state index contributed by atoms with van der Waals surface area (Å²) >= 11 is 0. The smallest absolute Gasteiger partial charge is 0.184 e. The molecule has 0 aliphatic carbocycles. The lowest BCUT2D eigenvalue weighted by Gasteiger charge is -2.09. The van der Waals surface area contributed by atoms with Crippen molar-refractivity contribution in [1.29, 1.82) is 0 Å². The average molecular weight is 151 g/mol. The van der Waals surface area contributed by atoms with Crippen LogP contribution in [0.15, 0.2) is 0 Å². The predicted octanol–water partition coefficient (Wildman–Crippen LogP) is -2.58. The fourth-order valence-corrected chi connectivity index (χ4v) is 0.880. The topological polar surface area (TPSA) is 90.2 Å². The fraction of sp³-hybridized carbons (Fsp3) is 1.00. The molecule has 1 heterocycles. The SMILES string of the molecule is OC[C@H]1OC(O)[C@H](O)[13C@@H]1O. The number of rotatable bonds is 1. The molecule has 10 heavy (non-hydrogen) atoms. The maximum atomic E-state index is 8.93. The minimum atomic E-state index is -1.38. The van der Waals surface area contributed by atoms with Gasteiger partial charge in [-0.25, -0.2) is 0 Å². The standard InChI is InChI=1S/C5H10O5/c6-1-2-3(7)4(8)5(9)10-2/h2-9H,1H2/t2-,3-,4-,5?/m1/s1/i3+1. The van der Waals surface area contributed by atoms with E-state index in [1.165, 1.54) is 0 Å². The van der Waals surface area contributed by atoms with Gasteiger partial charge in [-0.1, -0.05) is 0 Å². The van der Waals surface area contributed by atoms with Gasteiger partial charge in [0, 0.05) is 0 Å². The third-order valence-electron chi connectivity index (χ3n) is 1.52. The maximum absolute atomic E-state index is 8.93. The Morgan fingerprint density at radius 1 is 1.10 bits per heavy atom. The van der Waals surface area contributed by atoms with Crippen LogP contribution in [0.2, 0.25) is 0 Å². The third kappa shape index (κ3) is 1.14. The summed E-state index contributed by atoms with van der Waals surface area (Å²) in [7, 11) is 0. The first kappa shape index (κ1) is 7.90.